The molecule has 3 aromatic rings. The van der Waals surface area contributed by atoms with Crippen LogP contribution in [0.1, 0.15) is 60.4 Å². The number of nitriles is 1. The van der Waals surface area contributed by atoms with E-state index >= 15 is 0 Å². The number of benzene rings is 2. The number of pyridine rings is 1. The highest BCUT2D eigenvalue weighted by molar-refractivity contribution is 5.67. The van der Waals surface area contributed by atoms with Crippen molar-refractivity contribution >= 4 is 0 Å². The van der Waals surface area contributed by atoms with Gasteiger partial charge in [0.25, 0.3) is 0 Å². The minimum atomic E-state index is -1.15. The van der Waals surface area contributed by atoms with Gasteiger partial charge in [-0.1, -0.05) is 25.0 Å². The summed E-state index contributed by atoms with van der Waals surface area (Å²) in [6.07, 6.45) is 5.52. The van der Waals surface area contributed by atoms with Crippen LogP contribution in [0.4, 0.5) is 4.39 Å². The van der Waals surface area contributed by atoms with Crippen LogP contribution in [0.3, 0.4) is 0 Å². The van der Waals surface area contributed by atoms with E-state index in [4.69, 9.17) is 9.47 Å². The Bertz CT molecular complexity index is 1380. The van der Waals surface area contributed by atoms with E-state index in [9.17, 15) is 14.8 Å². The molecule has 2 fully saturated rings. The number of ether oxygens (including phenoxy) is 2. The zero-order valence-electron chi connectivity index (χ0n) is 21.0. The molecule has 37 heavy (non-hydrogen) atoms. The highest BCUT2D eigenvalue weighted by atomic mass is 19.1. The summed E-state index contributed by atoms with van der Waals surface area (Å²) in [6.45, 7) is 2.07. The van der Waals surface area contributed by atoms with Gasteiger partial charge in [-0.3, -0.25) is 0 Å². The summed E-state index contributed by atoms with van der Waals surface area (Å²) in [5.74, 6) is 2.02. The predicted molar refractivity (Wildman–Crippen MR) is 138 cm³/mol. The Kier molecular flexibility index (Phi) is 6.12. The molecular formula is C31H31FN2O3. The van der Waals surface area contributed by atoms with Crippen molar-refractivity contribution in [1.82, 2.24) is 4.98 Å². The van der Waals surface area contributed by atoms with Crippen LogP contribution in [0, 0.1) is 35.9 Å². The van der Waals surface area contributed by atoms with Crippen LogP contribution in [0.25, 0.3) is 11.1 Å². The zero-order chi connectivity index (χ0) is 25.6. The van der Waals surface area contributed by atoms with Gasteiger partial charge in [0.1, 0.15) is 30.4 Å². The molecule has 3 aliphatic rings. The third-order valence-electron chi connectivity index (χ3n) is 8.36. The number of fused-ring (bicyclic) bond motifs is 3. The molecule has 6 rings (SSSR count). The second-order valence-corrected chi connectivity index (χ2v) is 10.9. The van der Waals surface area contributed by atoms with Crippen LogP contribution in [0.2, 0.25) is 0 Å². The minimum Gasteiger partial charge on any atom is -0.489 e. The van der Waals surface area contributed by atoms with Crippen LogP contribution in [-0.4, -0.2) is 22.3 Å². The highest BCUT2D eigenvalue weighted by Gasteiger charge is 2.45. The smallest absolute Gasteiger partial charge is 0.213 e. The highest BCUT2D eigenvalue weighted by Crippen LogP contribution is 2.56. The van der Waals surface area contributed by atoms with Gasteiger partial charge in [0.05, 0.1) is 12.0 Å². The van der Waals surface area contributed by atoms with Gasteiger partial charge in [0.2, 0.25) is 5.88 Å². The van der Waals surface area contributed by atoms with Crippen molar-refractivity contribution < 1.29 is 19.0 Å². The van der Waals surface area contributed by atoms with E-state index in [1.165, 1.54) is 23.6 Å². The molecule has 2 aromatic carbocycles. The summed E-state index contributed by atoms with van der Waals surface area (Å²) >= 11 is 0. The molecule has 0 bridgehead atoms. The number of aryl methyl sites for hydroxylation is 1. The van der Waals surface area contributed by atoms with E-state index in [1.807, 2.05) is 25.1 Å². The van der Waals surface area contributed by atoms with Gasteiger partial charge >= 0.3 is 0 Å². The number of rotatable bonds is 7. The molecule has 190 valence electrons. The van der Waals surface area contributed by atoms with Gasteiger partial charge in [-0.2, -0.15) is 5.26 Å². The lowest BCUT2D eigenvalue weighted by molar-refractivity contribution is -0.0612. The quantitative estimate of drug-likeness (QED) is 0.416. The maximum absolute atomic E-state index is 14.6. The minimum absolute atomic E-state index is 0.0407. The first kappa shape index (κ1) is 23.9. The van der Waals surface area contributed by atoms with Crippen LogP contribution < -0.4 is 9.47 Å². The fourth-order valence-corrected chi connectivity index (χ4v) is 6.06. The first-order chi connectivity index (χ1) is 17.9. The van der Waals surface area contributed by atoms with Crippen LogP contribution in [0.15, 0.2) is 48.5 Å². The molecule has 4 atom stereocenters. The Hall–Kier alpha value is -3.43. The second-order valence-electron chi connectivity index (χ2n) is 10.9. The zero-order valence-corrected chi connectivity index (χ0v) is 21.0. The molecule has 0 aliphatic heterocycles. The molecule has 0 saturated heterocycles. The van der Waals surface area contributed by atoms with Crippen molar-refractivity contribution in [3.05, 3.63) is 76.7 Å². The van der Waals surface area contributed by atoms with Gasteiger partial charge in [0, 0.05) is 22.9 Å². The van der Waals surface area contributed by atoms with Gasteiger partial charge in [-0.15, -0.1) is 0 Å². The molecule has 2 saturated carbocycles. The average molecular weight is 499 g/mol. The van der Waals surface area contributed by atoms with Gasteiger partial charge < -0.3 is 14.6 Å². The molecule has 5 nitrogen and oxygen atoms in total. The molecule has 6 heteroatoms. The number of aromatic nitrogens is 1. The van der Waals surface area contributed by atoms with E-state index in [0.717, 1.165) is 53.7 Å². The number of hydrogen-bond acceptors (Lipinski definition) is 5. The first-order valence-corrected chi connectivity index (χ1v) is 13.2. The molecule has 1 heterocycles. The fraction of sp³-hybridized carbons (Fsp3) is 0.419. The number of aliphatic hydroxyl groups is 1. The van der Waals surface area contributed by atoms with Crippen molar-refractivity contribution in [1.29, 1.82) is 5.26 Å². The average Bonchev–Trinajstić information content (AvgIpc) is 3.58. The van der Waals surface area contributed by atoms with Gasteiger partial charge in [-0.25, -0.2) is 9.37 Å². The van der Waals surface area contributed by atoms with E-state index < -0.39 is 11.5 Å². The Balaban J connectivity index is 1.14. The number of hydrogen-bond donors (Lipinski definition) is 1. The van der Waals surface area contributed by atoms with Crippen molar-refractivity contribution in [3.63, 3.8) is 0 Å². The first-order valence-electron chi connectivity index (χ1n) is 13.2. The van der Waals surface area contributed by atoms with Crippen LogP contribution in [0.5, 0.6) is 11.6 Å². The Labute approximate surface area is 216 Å². The summed E-state index contributed by atoms with van der Waals surface area (Å²) in [6, 6.07) is 17.2. The largest absolute Gasteiger partial charge is 0.489 e. The van der Waals surface area contributed by atoms with E-state index in [1.54, 1.807) is 12.1 Å². The second kappa shape index (κ2) is 9.46. The van der Waals surface area contributed by atoms with Gasteiger partial charge in [-0.05, 0) is 91.5 Å². The van der Waals surface area contributed by atoms with E-state index in [-0.39, 0.29) is 19.0 Å². The number of nitrogens with zero attached hydrogens (tertiary/aromatic N) is 2. The predicted octanol–water partition coefficient (Wildman–Crippen LogP) is 6.26. The third kappa shape index (κ3) is 4.69. The van der Waals surface area contributed by atoms with Crippen LogP contribution >= 0.6 is 0 Å². The van der Waals surface area contributed by atoms with Crippen LogP contribution in [-0.2, 0) is 13.0 Å². The SMILES string of the molecule is Cc1nc(OCC2(O)CCCCC2C#N)ccc1-c1ccc(F)c(COc2ccc3c(c2)C[C@H]2C[C@@H]32)c1. The Morgan fingerprint density at radius 3 is 2.86 bits per heavy atom. The lowest BCUT2D eigenvalue weighted by atomic mass is 9.76. The monoisotopic (exact) mass is 498 g/mol. The Morgan fingerprint density at radius 2 is 2.03 bits per heavy atom. The van der Waals surface area contributed by atoms with Crippen molar-refractivity contribution in [2.75, 3.05) is 6.61 Å². The molecule has 3 aliphatic carbocycles. The molecular weight excluding hydrogens is 467 g/mol. The topological polar surface area (TPSA) is 75.4 Å². The molecule has 0 radical (unpaired) electrons. The molecule has 2 unspecified atom stereocenters. The normalized spacial score (nSPS) is 25.6. The lowest BCUT2D eigenvalue weighted by Gasteiger charge is -2.35. The van der Waals surface area contributed by atoms with E-state index in [2.05, 4.69) is 23.2 Å². The van der Waals surface area contributed by atoms with Crippen molar-refractivity contribution in [3.8, 4) is 28.8 Å². The van der Waals surface area contributed by atoms with Crippen molar-refractivity contribution in [2.24, 2.45) is 11.8 Å². The van der Waals surface area contributed by atoms with Crippen molar-refractivity contribution in [2.45, 2.75) is 63.6 Å². The maximum atomic E-state index is 14.6. The number of halogens is 1. The summed E-state index contributed by atoms with van der Waals surface area (Å²) < 4.78 is 26.5. The Morgan fingerprint density at radius 1 is 1.14 bits per heavy atom. The summed E-state index contributed by atoms with van der Waals surface area (Å²) in [5.41, 5.74) is 4.63. The lowest BCUT2D eigenvalue weighted by Crippen LogP contribution is -2.45. The third-order valence-corrected chi connectivity index (χ3v) is 8.36. The van der Waals surface area contributed by atoms with E-state index in [0.29, 0.717) is 24.3 Å². The standard InChI is InChI=1S/C31H31FN2O3/c1-19-26(8-10-30(34-19)37-18-31(35)11-3-2-4-24(31)16-33)20-5-9-29(32)23(12-20)17-36-25-6-7-27-21(14-25)13-22-15-28(22)27/h5-10,12,14,22,24,28,35H,2-4,11,13,15,17-18H2,1H3/t22-,24?,28+,31?/m0/s1. The molecule has 1 N–H and O–H groups in total. The molecule has 1 aromatic heterocycles. The van der Waals surface area contributed by atoms with Gasteiger partial charge in [0.15, 0.2) is 0 Å². The maximum Gasteiger partial charge on any atom is 0.213 e. The molecule has 0 spiro atoms. The molecule has 0 amide bonds. The summed E-state index contributed by atoms with van der Waals surface area (Å²) in [7, 11) is 0. The summed E-state index contributed by atoms with van der Waals surface area (Å²) in [4.78, 5) is 4.56. The fourth-order valence-electron chi connectivity index (χ4n) is 6.06. The summed E-state index contributed by atoms with van der Waals surface area (Å²) in [5, 5.41) is 20.3.